The minimum atomic E-state index is -0.896. The summed E-state index contributed by atoms with van der Waals surface area (Å²) in [5, 5.41) is 9.16. The van der Waals surface area contributed by atoms with E-state index in [1.165, 1.54) is 25.5 Å². The van der Waals surface area contributed by atoms with Crippen LogP contribution < -0.4 is 0 Å². The first kappa shape index (κ1) is 11.6. The van der Waals surface area contributed by atoms with Crippen LogP contribution in [0.3, 0.4) is 0 Å². The number of aromatic carboxylic acids is 1. The van der Waals surface area contributed by atoms with Gasteiger partial charge in [0.05, 0.1) is 11.3 Å². The Kier molecular flexibility index (Phi) is 3.02. The first-order chi connectivity index (χ1) is 8.75. The van der Waals surface area contributed by atoms with E-state index in [4.69, 9.17) is 5.11 Å². The summed E-state index contributed by atoms with van der Waals surface area (Å²) in [4.78, 5) is 20.1. The van der Waals surface area contributed by atoms with Crippen molar-refractivity contribution in [2.45, 2.75) is 56.8 Å². The van der Waals surface area contributed by atoms with Gasteiger partial charge in [-0.1, -0.05) is 19.3 Å². The largest absolute Gasteiger partial charge is 0.478 e. The van der Waals surface area contributed by atoms with Gasteiger partial charge in [-0.2, -0.15) is 0 Å². The van der Waals surface area contributed by atoms with Crippen molar-refractivity contribution in [3.63, 3.8) is 0 Å². The summed E-state index contributed by atoms with van der Waals surface area (Å²) in [6, 6.07) is 0. The van der Waals surface area contributed by atoms with Gasteiger partial charge in [0.15, 0.2) is 0 Å². The Morgan fingerprint density at radius 1 is 1.11 bits per heavy atom. The molecule has 4 nitrogen and oxygen atoms in total. The summed E-state index contributed by atoms with van der Waals surface area (Å²) in [5.74, 6) is 0.786. The summed E-state index contributed by atoms with van der Waals surface area (Å²) < 4.78 is 0. The van der Waals surface area contributed by atoms with Crippen molar-refractivity contribution in [1.82, 2.24) is 9.97 Å². The first-order valence-corrected chi connectivity index (χ1v) is 6.86. The molecular formula is C14H18N2O2. The number of carboxylic acids is 1. The summed E-state index contributed by atoms with van der Waals surface area (Å²) in [5.41, 5.74) is 1.08. The van der Waals surface area contributed by atoms with Gasteiger partial charge < -0.3 is 5.11 Å². The van der Waals surface area contributed by atoms with Crippen molar-refractivity contribution in [2.24, 2.45) is 0 Å². The molecule has 2 aliphatic carbocycles. The Morgan fingerprint density at radius 3 is 2.44 bits per heavy atom. The highest BCUT2D eigenvalue weighted by molar-refractivity contribution is 5.88. The third kappa shape index (κ3) is 2.24. The third-order valence-electron chi connectivity index (χ3n) is 4.00. The molecule has 0 spiro atoms. The van der Waals surface area contributed by atoms with E-state index in [0.717, 1.165) is 37.2 Å². The van der Waals surface area contributed by atoms with Gasteiger partial charge in [-0.15, -0.1) is 0 Å². The Morgan fingerprint density at radius 2 is 1.83 bits per heavy atom. The lowest BCUT2D eigenvalue weighted by molar-refractivity contribution is 0.0694. The van der Waals surface area contributed by atoms with Crippen LogP contribution in [0.5, 0.6) is 0 Å². The van der Waals surface area contributed by atoms with E-state index in [1.807, 2.05) is 0 Å². The maximum atomic E-state index is 11.2. The third-order valence-corrected chi connectivity index (χ3v) is 4.00. The van der Waals surface area contributed by atoms with E-state index in [0.29, 0.717) is 17.4 Å². The van der Waals surface area contributed by atoms with Gasteiger partial charge in [0.2, 0.25) is 0 Å². The van der Waals surface area contributed by atoms with E-state index in [-0.39, 0.29) is 0 Å². The molecule has 0 bridgehead atoms. The van der Waals surface area contributed by atoms with Gasteiger partial charge in [-0.05, 0) is 25.7 Å². The van der Waals surface area contributed by atoms with E-state index in [9.17, 15) is 4.79 Å². The van der Waals surface area contributed by atoms with Crippen LogP contribution in [-0.2, 0) is 0 Å². The molecule has 1 aromatic heterocycles. The molecule has 1 heterocycles. The van der Waals surface area contributed by atoms with Crippen molar-refractivity contribution in [2.75, 3.05) is 0 Å². The highest BCUT2D eigenvalue weighted by Gasteiger charge is 2.31. The van der Waals surface area contributed by atoms with Gasteiger partial charge in [0, 0.05) is 18.0 Å². The lowest BCUT2D eigenvalue weighted by atomic mass is 9.88. The number of carboxylic acid groups (broad SMARTS) is 1. The average Bonchev–Trinajstić information content (AvgIpc) is 3.23. The highest BCUT2D eigenvalue weighted by atomic mass is 16.4. The standard InChI is InChI=1S/C14H18N2O2/c17-14(18)11-8-15-13(10-4-2-1-3-5-10)16-12(11)9-6-7-9/h8-10H,1-7H2,(H,17,18). The van der Waals surface area contributed by atoms with Crippen LogP contribution in [0.25, 0.3) is 0 Å². The second kappa shape index (κ2) is 4.67. The van der Waals surface area contributed by atoms with Crippen molar-refractivity contribution >= 4 is 5.97 Å². The predicted molar refractivity (Wildman–Crippen MR) is 66.8 cm³/mol. The smallest absolute Gasteiger partial charge is 0.339 e. The fourth-order valence-corrected chi connectivity index (χ4v) is 2.80. The van der Waals surface area contributed by atoms with E-state index in [2.05, 4.69) is 9.97 Å². The summed E-state index contributed by atoms with van der Waals surface area (Å²) in [6.45, 7) is 0. The number of rotatable bonds is 3. The number of nitrogens with zero attached hydrogens (tertiary/aromatic N) is 2. The molecule has 2 fully saturated rings. The molecule has 0 saturated heterocycles. The van der Waals surface area contributed by atoms with Gasteiger partial charge in [-0.25, -0.2) is 14.8 Å². The summed E-state index contributed by atoms with van der Waals surface area (Å²) >= 11 is 0. The number of hydrogen-bond donors (Lipinski definition) is 1. The fourth-order valence-electron chi connectivity index (χ4n) is 2.80. The molecule has 0 radical (unpaired) electrons. The van der Waals surface area contributed by atoms with Crippen LogP contribution in [0.4, 0.5) is 0 Å². The minimum Gasteiger partial charge on any atom is -0.478 e. The van der Waals surface area contributed by atoms with Crippen molar-refractivity contribution in [3.05, 3.63) is 23.3 Å². The zero-order chi connectivity index (χ0) is 12.5. The average molecular weight is 246 g/mol. The monoisotopic (exact) mass is 246 g/mol. The molecule has 1 aromatic rings. The van der Waals surface area contributed by atoms with E-state index in [1.54, 1.807) is 0 Å². The molecule has 18 heavy (non-hydrogen) atoms. The number of hydrogen-bond acceptors (Lipinski definition) is 3. The molecule has 0 unspecified atom stereocenters. The van der Waals surface area contributed by atoms with Crippen LogP contribution in [0.1, 0.15) is 78.7 Å². The zero-order valence-electron chi connectivity index (χ0n) is 10.4. The molecular weight excluding hydrogens is 228 g/mol. The topological polar surface area (TPSA) is 63.1 Å². The number of aromatic nitrogens is 2. The second-order valence-electron chi connectivity index (χ2n) is 5.44. The second-order valence-corrected chi connectivity index (χ2v) is 5.44. The van der Waals surface area contributed by atoms with E-state index < -0.39 is 5.97 Å². The summed E-state index contributed by atoms with van der Waals surface area (Å²) in [7, 11) is 0. The molecule has 96 valence electrons. The van der Waals surface area contributed by atoms with Gasteiger partial charge >= 0.3 is 5.97 Å². The lowest BCUT2D eigenvalue weighted by Crippen LogP contribution is -2.13. The Bertz CT molecular complexity index is 463. The molecule has 0 aliphatic heterocycles. The predicted octanol–water partition coefficient (Wildman–Crippen LogP) is 3.10. The molecule has 2 saturated carbocycles. The van der Waals surface area contributed by atoms with Crippen LogP contribution in [-0.4, -0.2) is 21.0 Å². The van der Waals surface area contributed by atoms with Gasteiger partial charge in [0.1, 0.15) is 5.82 Å². The van der Waals surface area contributed by atoms with Crippen LogP contribution in [0.15, 0.2) is 6.20 Å². The zero-order valence-corrected chi connectivity index (χ0v) is 10.4. The maximum absolute atomic E-state index is 11.2. The molecule has 1 N–H and O–H groups in total. The van der Waals surface area contributed by atoms with Gasteiger partial charge in [-0.3, -0.25) is 0 Å². The molecule has 4 heteroatoms. The van der Waals surface area contributed by atoms with Crippen LogP contribution in [0.2, 0.25) is 0 Å². The quantitative estimate of drug-likeness (QED) is 0.890. The normalized spacial score (nSPS) is 20.9. The molecule has 0 atom stereocenters. The molecule has 3 rings (SSSR count). The van der Waals surface area contributed by atoms with Gasteiger partial charge in [0.25, 0.3) is 0 Å². The maximum Gasteiger partial charge on any atom is 0.339 e. The van der Waals surface area contributed by atoms with Crippen molar-refractivity contribution in [3.8, 4) is 0 Å². The Balaban J connectivity index is 1.91. The number of carbonyl (C=O) groups is 1. The van der Waals surface area contributed by atoms with Crippen LogP contribution in [0, 0.1) is 0 Å². The Labute approximate surface area is 106 Å². The fraction of sp³-hybridized carbons (Fsp3) is 0.643. The highest BCUT2D eigenvalue weighted by Crippen LogP contribution is 2.41. The van der Waals surface area contributed by atoms with E-state index >= 15 is 0 Å². The molecule has 0 aromatic carbocycles. The molecule has 2 aliphatic rings. The SMILES string of the molecule is O=C(O)c1cnc(C2CCCCC2)nc1C1CC1. The van der Waals surface area contributed by atoms with Crippen molar-refractivity contribution in [1.29, 1.82) is 0 Å². The summed E-state index contributed by atoms with van der Waals surface area (Å²) in [6.07, 6.45) is 9.75. The Hall–Kier alpha value is -1.45. The van der Waals surface area contributed by atoms with Crippen LogP contribution >= 0.6 is 0 Å². The lowest BCUT2D eigenvalue weighted by Gasteiger charge is -2.20. The first-order valence-electron chi connectivity index (χ1n) is 6.86. The van der Waals surface area contributed by atoms with Crippen molar-refractivity contribution < 1.29 is 9.90 Å². The minimum absolute atomic E-state index is 0.303. The molecule has 0 amide bonds.